The predicted octanol–water partition coefficient (Wildman–Crippen LogP) is 7.00. The predicted molar refractivity (Wildman–Crippen MR) is 134 cm³/mol. The Morgan fingerprint density at radius 1 is 1.12 bits per heavy atom. The molecular formula is C29H49NO3. The molecule has 0 bridgehead atoms. The summed E-state index contributed by atoms with van der Waals surface area (Å²) in [6.07, 6.45) is 17.0. The number of allylic oxidation sites excluding steroid dienone is 1. The molecule has 4 nitrogen and oxygen atoms in total. The van der Waals surface area contributed by atoms with Crippen LogP contribution in [0.15, 0.2) is 11.6 Å². The Hall–Kier alpha value is -0.870. The molecule has 0 aromatic rings. The number of carboxylic acid groups (broad SMARTS) is 1. The van der Waals surface area contributed by atoms with E-state index in [2.05, 4.69) is 46.2 Å². The summed E-state index contributed by atoms with van der Waals surface area (Å²) in [5.41, 5.74) is 5.12. The SMILES string of the molecule is CC(C)CCC[C@@H](C)[C@H]1CC[C@H]2[C@@H]3CC=C4C[C@@H](ONCC(=O)O)CC[C@]4(C)[C@H]3CC[C@]12C. The van der Waals surface area contributed by atoms with Crippen LogP contribution in [0, 0.1) is 46.3 Å². The monoisotopic (exact) mass is 459 g/mol. The maximum atomic E-state index is 10.8. The van der Waals surface area contributed by atoms with Crippen LogP contribution in [0.3, 0.4) is 0 Å². The molecule has 8 atom stereocenters. The molecule has 0 saturated heterocycles. The number of nitrogens with one attached hydrogen (secondary N) is 1. The fourth-order valence-corrected chi connectivity index (χ4v) is 8.97. The molecule has 0 radical (unpaired) electrons. The molecule has 0 heterocycles. The van der Waals surface area contributed by atoms with Crippen molar-refractivity contribution in [1.29, 1.82) is 0 Å². The Kier molecular flexibility index (Phi) is 7.65. The average molecular weight is 460 g/mol. The highest BCUT2D eigenvalue weighted by atomic mass is 16.7. The lowest BCUT2D eigenvalue weighted by Crippen LogP contribution is -2.51. The minimum absolute atomic E-state index is 0.108. The fraction of sp³-hybridized carbons (Fsp3) is 0.897. The summed E-state index contributed by atoms with van der Waals surface area (Å²) in [6, 6.07) is 0. The van der Waals surface area contributed by atoms with E-state index in [1.807, 2.05) is 0 Å². The Morgan fingerprint density at radius 2 is 1.91 bits per heavy atom. The lowest BCUT2D eigenvalue weighted by Gasteiger charge is -2.58. The minimum atomic E-state index is -0.871. The van der Waals surface area contributed by atoms with Gasteiger partial charge in [-0.1, -0.05) is 65.5 Å². The van der Waals surface area contributed by atoms with Crippen molar-refractivity contribution in [2.75, 3.05) is 6.54 Å². The van der Waals surface area contributed by atoms with Gasteiger partial charge in [0, 0.05) is 0 Å². The summed E-state index contributed by atoms with van der Waals surface area (Å²) in [7, 11) is 0. The van der Waals surface area contributed by atoms with Crippen LogP contribution >= 0.6 is 0 Å². The molecule has 4 rings (SSSR count). The van der Waals surface area contributed by atoms with Gasteiger partial charge >= 0.3 is 5.97 Å². The third kappa shape index (κ3) is 4.94. The van der Waals surface area contributed by atoms with Crippen LogP contribution in [0.1, 0.15) is 105 Å². The standard InChI is InChI=1S/C29H49NO3/c1-19(2)7-6-8-20(3)24-11-12-25-23-10-9-21-17-22(33-30-18-27(31)32)13-15-28(21,4)26(23)14-16-29(24,25)5/h9,19-20,22-26,30H,6-8,10-18H2,1-5H3,(H,31,32)/t20-,22+,23+,24-,25+,26+,28+,29-/m1/s1. The number of fused-ring (bicyclic) bond motifs is 5. The molecule has 0 aromatic heterocycles. The molecule has 0 unspecified atom stereocenters. The highest BCUT2D eigenvalue weighted by molar-refractivity contribution is 5.68. The molecule has 4 heteroatoms. The second-order valence-electron chi connectivity index (χ2n) is 13.0. The zero-order valence-corrected chi connectivity index (χ0v) is 21.9. The number of carboxylic acids is 1. The van der Waals surface area contributed by atoms with Crippen molar-refractivity contribution in [3.63, 3.8) is 0 Å². The summed E-state index contributed by atoms with van der Waals surface area (Å²) in [6.45, 7) is 12.4. The number of carbonyl (C=O) groups is 1. The molecule has 0 amide bonds. The minimum Gasteiger partial charge on any atom is -0.480 e. The van der Waals surface area contributed by atoms with Gasteiger partial charge < -0.3 is 5.11 Å². The van der Waals surface area contributed by atoms with Crippen LogP contribution in [-0.4, -0.2) is 23.7 Å². The van der Waals surface area contributed by atoms with Gasteiger partial charge in [0.05, 0.1) is 6.10 Å². The number of hydroxylamine groups is 1. The lowest BCUT2D eigenvalue weighted by molar-refractivity contribution is -0.141. The first-order chi connectivity index (χ1) is 15.6. The smallest absolute Gasteiger partial charge is 0.319 e. The highest BCUT2D eigenvalue weighted by Gasteiger charge is 2.59. The zero-order chi connectivity index (χ0) is 23.8. The van der Waals surface area contributed by atoms with E-state index in [0.29, 0.717) is 10.8 Å². The molecule has 0 spiro atoms. The number of aliphatic carboxylic acids is 1. The zero-order valence-electron chi connectivity index (χ0n) is 21.9. The third-order valence-electron chi connectivity index (χ3n) is 10.7. The van der Waals surface area contributed by atoms with Crippen molar-refractivity contribution in [2.45, 2.75) is 111 Å². The number of hydrogen-bond donors (Lipinski definition) is 2. The van der Waals surface area contributed by atoms with E-state index in [9.17, 15) is 4.79 Å². The van der Waals surface area contributed by atoms with Crippen LogP contribution in [0.5, 0.6) is 0 Å². The average Bonchev–Trinajstić information content (AvgIpc) is 3.10. The van der Waals surface area contributed by atoms with Crippen molar-refractivity contribution >= 4 is 5.97 Å². The van der Waals surface area contributed by atoms with E-state index < -0.39 is 5.97 Å². The van der Waals surface area contributed by atoms with Gasteiger partial charge in [0.25, 0.3) is 0 Å². The molecular weight excluding hydrogens is 410 g/mol. The first kappa shape index (κ1) is 25.2. The van der Waals surface area contributed by atoms with Gasteiger partial charge in [-0.05, 0) is 97.7 Å². The van der Waals surface area contributed by atoms with Crippen molar-refractivity contribution in [3.05, 3.63) is 11.6 Å². The van der Waals surface area contributed by atoms with Crippen LogP contribution < -0.4 is 5.48 Å². The van der Waals surface area contributed by atoms with Gasteiger partial charge in [-0.15, -0.1) is 0 Å². The molecule has 188 valence electrons. The van der Waals surface area contributed by atoms with E-state index in [1.165, 1.54) is 57.8 Å². The van der Waals surface area contributed by atoms with Gasteiger partial charge in [-0.25, -0.2) is 0 Å². The summed E-state index contributed by atoms with van der Waals surface area (Å²) in [5.74, 6) is 4.31. The van der Waals surface area contributed by atoms with Crippen molar-refractivity contribution in [3.8, 4) is 0 Å². The molecule has 0 aromatic carbocycles. The highest BCUT2D eigenvalue weighted by Crippen LogP contribution is 2.67. The molecule has 33 heavy (non-hydrogen) atoms. The molecule has 4 aliphatic carbocycles. The summed E-state index contributed by atoms with van der Waals surface area (Å²) < 4.78 is 0. The van der Waals surface area contributed by atoms with Crippen molar-refractivity contribution in [2.24, 2.45) is 46.3 Å². The molecule has 0 aliphatic heterocycles. The second-order valence-corrected chi connectivity index (χ2v) is 13.0. The largest absolute Gasteiger partial charge is 0.480 e. The van der Waals surface area contributed by atoms with E-state index in [-0.39, 0.29) is 12.6 Å². The van der Waals surface area contributed by atoms with Crippen molar-refractivity contribution < 1.29 is 14.7 Å². The first-order valence-corrected chi connectivity index (χ1v) is 13.9. The van der Waals surface area contributed by atoms with E-state index in [0.717, 1.165) is 48.3 Å². The first-order valence-electron chi connectivity index (χ1n) is 13.9. The Morgan fingerprint density at radius 3 is 2.64 bits per heavy atom. The quantitative estimate of drug-likeness (QED) is 0.288. The van der Waals surface area contributed by atoms with Gasteiger partial charge in [-0.3, -0.25) is 9.63 Å². The Bertz CT molecular complexity index is 732. The van der Waals surface area contributed by atoms with Gasteiger partial charge in [-0.2, -0.15) is 5.48 Å². The number of hydrogen-bond acceptors (Lipinski definition) is 3. The maximum Gasteiger partial charge on any atom is 0.319 e. The molecule has 2 N–H and O–H groups in total. The number of rotatable bonds is 9. The molecule has 3 saturated carbocycles. The van der Waals surface area contributed by atoms with Crippen LogP contribution in [0.25, 0.3) is 0 Å². The van der Waals surface area contributed by atoms with E-state index in [1.54, 1.807) is 5.57 Å². The second kappa shape index (κ2) is 10.0. The summed E-state index contributed by atoms with van der Waals surface area (Å²) >= 11 is 0. The molecule has 3 fully saturated rings. The Labute approximate surface area is 202 Å². The topological polar surface area (TPSA) is 58.6 Å². The van der Waals surface area contributed by atoms with E-state index in [4.69, 9.17) is 9.94 Å². The van der Waals surface area contributed by atoms with Crippen LogP contribution in [0.4, 0.5) is 0 Å². The maximum absolute atomic E-state index is 10.8. The van der Waals surface area contributed by atoms with Gasteiger partial charge in [0.2, 0.25) is 0 Å². The fourth-order valence-electron chi connectivity index (χ4n) is 8.97. The van der Waals surface area contributed by atoms with E-state index >= 15 is 0 Å². The van der Waals surface area contributed by atoms with Gasteiger partial charge in [0.1, 0.15) is 6.54 Å². The lowest BCUT2D eigenvalue weighted by atomic mass is 9.47. The summed E-state index contributed by atoms with van der Waals surface area (Å²) in [4.78, 5) is 16.5. The molecule has 4 aliphatic rings. The normalized spacial score (nSPS) is 41.2. The van der Waals surface area contributed by atoms with Crippen LogP contribution in [0.2, 0.25) is 0 Å². The summed E-state index contributed by atoms with van der Waals surface area (Å²) in [5, 5.41) is 8.86. The van der Waals surface area contributed by atoms with Gasteiger partial charge in [0.15, 0.2) is 0 Å². The third-order valence-corrected chi connectivity index (χ3v) is 10.7. The van der Waals surface area contributed by atoms with Crippen LogP contribution in [-0.2, 0) is 9.63 Å². The van der Waals surface area contributed by atoms with Crippen molar-refractivity contribution in [1.82, 2.24) is 5.48 Å². The Balaban J connectivity index is 1.41.